The fourth-order valence-electron chi connectivity index (χ4n) is 7.09. The van der Waals surface area contributed by atoms with Crippen LogP contribution < -0.4 is 9.64 Å². The van der Waals surface area contributed by atoms with Crippen molar-refractivity contribution in [3.05, 3.63) is 135 Å². The molecule has 202 valence electrons. The number of fused-ring (bicyclic) bond motifs is 5. The molecule has 41 heavy (non-hydrogen) atoms. The van der Waals surface area contributed by atoms with Crippen molar-refractivity contribution in [2.75, 3.05) is 11.5 Å². The van der Waals surface area contributed by atoms with Crippen LogP contribution in [-0.4, -0.2) is 36.0 Å². The minimum absolute atomic E-state index is 0.149. The van der Waals surface area contributed by atoms with Crippen LogP contribution in [0.25, 0.3) is 6.08 Å². The maximum absolute atomic E-state index is 14.8. The number of carbonyl (C=O) groups is 3. The number of nitrogens with zero attached hydrogens (tertiary/aromatic N) is 1. The van der Waals surface area contributed by atoms with Crippen LogP contribution in [0.2, 0.25) is 0 Å². The number of carbonyl (C=O) groups excluding carboxylic acids is 3. The number of Topliss-reactive ketones (excluding diaryl/α,β-unsaturated/α-hetero) is 3. The van der Waals surface area contributed by atoms with Crippen LogP contribution in [0, 0.1) is 5.41 Å². The first-order chi connectivity index (χ1) is 20.0. The Morgan fingerprint density at radius 3 is 2.24 bits per heavy atom. The van der Waals surface area contributed by atoms with Crippen molar-refractivity contribution >= 4 is 45.0 Å². The van der Waals surface area contributed by atoms with Gasteiger partial charge in [-0.2, -0.15) is 0 Å². The molecule has 0 amide bonds. The summed E-state index contributed by atoms with van der Waals surface area (Å²) in [7, 11) is 0. The highest BCUT2D eigenvalue weighted by Gasteiger charge is 2.71. The minimum atomic E-state index is -1.56. The molecule has 6 heteroatoms. The first-order valence-corrected chi connectivity index (χ1v) is 14.5. The molecule has 3 aliphatic rings. The van der Waals surface area contributed by atoms with Gasteiger partial charge in [-0.05, 0) is 36.8 Å². The van der Waals surface area contributed by atoms with Crippen LogP contribution in [0.1, 0.15) is 55.0 Å². The molecular formula is C35H26BrNO4. The molecule has 1 fully saturated rings. The fourth-order valence-corrected chi connectivity index (χ4v) is 7.47. The van der Waals surface area contributed by atoms with E-state index in [1.54, 1.807) is 36.4 Å². The number of ether oxygens (including phenoxy) is 1. The number of halogens is 1. The smallest absolute Gasteiger partial charge is 0.185 e. The van der Waals surface area contributed by atoms with Gasteiger partial charge in [0.25, 0.3) is 0 Å². The predicted octanol–water partition coefficient (Wildman–Crippen LogP) is 7.16. The molecular weight excluding hydrogens is 578 g/mol. The highest BCUT2D eigenvalue weighted by Crippen LogP contribution is 2.62. The topological polar surface area (TPSA) is 63.7 Å². The van der Waals surface area contributed by atoms with Crippen LogP contribution >= 0.6 is 15.9 Å². The van der Waals surface area contributed by atoms with Crippen LogP contribution in [0.15, 0.2) is 108 Å². The Morgan fingerprint density at radius 1 is 0.878 bits per heavy atom. The van der Waals surface area contributed by atoms with E-state index in [2.05, 4.69) is 15.9 Å². The van der Waals surface area contributed by atoms with Gasteiger partial charge in [-0.3, -0.25) is 14.4 Å². The molecule has 4 aromatic carbocycles. The molecule has 0 bridgehead atoms. The van der Waals surface area contributed by atoms with E-state index in [0.29, 0.717) is 34.6 Å². The third-order valence-electron chi connectivity index (χ3n) is 8.65. The van der Waals surface area contributed by atoms with E-state index in [1.165, 1.54) is 0 Å². The zero-order valence-corrected chi connectivity index (χ0v) is 23.9. The van der Waals surface area contributed by atoms with Crippen LogP contribution in [-0.2, 0) is 0 Å². The lowest BCUT2D eigenvalue weighted by molar-refractivity contribution is 0.0664. The highest BCUT2D eigenvalue weighted by molar-refractivity contribution is 9.10. The van der Waals surface area contributed by atoms with Gasteiger partial charge in [0.15, 0.2) is 17.3 Å². The third kappa shape index (κ3) is 3.56. The van der Waals surface area contributed by atoms with Crippen molar-refractivity contribution in [1.82, 2.24) is 0 Å². The monoisotopic (exact) mass is 603 g/mol. The number of hydrogen-bond donors (Lipinski definition) is 0. The number of para-hydroxylation sites is 1. The second-order valence-electron chi connectivity index (χ2n) is 10.6. The molecule has 0 N–H and O–H groups in total. The Hall–Kier alpha value is -4.29. The minimum Gasteiger partial charge on any atom is -0.494 e. The Kier molecular flexibility index (Phi) is 6.05. The molecule has 3 atom stereocenters. The lowest BCUT2D eigenvalue weighted by Crippen LogP contribution is -2.48. The molecule has 2 heterocycles. The van der Waals surface area contributed by atoms with Gasteiger partial charge in [0.2, 0.25) is 0 Å². The van der Waals surface area contributed by atoms with Crippen LogP contribution in [0.4, 0.5) is 5.69 Å². The zero-order valence-electron chi connectivity index (χ0n) is 22.3. The predicted molar refractivity (Wildman–Crippen MR) is 162 cm³/mol. The van der Waals surface area contributed by atoms with Crippen molar-refractivity contribution in [2.45, 2.75) is 24.9 Å². The average Bonchev–Trinajstić information content (AvgIpc) is 3.43. The summed E-state index contributed by atoms with van der Waals surface area (Å²) in [5.74, 6) is -0.892. The van der Waals surface area contributed by atoms with E-state index in [9.17, 15) is 14.4 Å². The van der Waals surface area contributed by atoms with Gasteiger partial charge in [0, 0.05) is 38.3 Å². The van der Waals surface area contributed by atoms with Crippen molar-refractivity contribution < 1.29 is 19.1 Å². The van der Waals surface area contributed by atoms with Crippen molar-refractivity contribution in [2.24, 2.45) is 5.41 Å². The summed E-state index contributed by atoms with van der Waals surface area (Å²) in [4.78, 5) is 46.3. The molecule has 0 radical (unpaired) electrons. The second-order valence-corrected chi connectivity index (χ2v) is 11.5. The van der Waals surface area contributed by atoms with Gasteiger partial charge in [-0.25, -0.2) is 0 Å². The summed E-state index contributed by atoms with van der Waals surface area (Å²) in [5, 5.41) is 0. The third-order valence-corrected chi connectivity index (χ3v) is 9.14. The molecule has 3 unspecified atom stereocenters. The van der Waals surface area contributed by atoms with Crippen molar-refractivity contribution in [1.29, 1.82) is 0 Å². The second kappa shape index (κ2) is 9.67. The van der Waals surface area contributed by atoms with E-state index in [1.807, 2.05) is 84.6 Å². The Morgan fingerprint density at radius 2 is 1.54 bits per heavy atom. The summed E-state index contributed by atoms with van der Waals surface area (Å²) >= 11 is 3.57. The summed E-state index contributed by atoms with van der Waals surface area (Å²) in [6, 6.07) is 28.0. The SMILES string of the molecule is CCOc1ccccc1C1C(C(=O)c2ccccc2)N2c3ccc(Br)cc3C=CC2C12C(=O)c1ccccc1C2=O. The number of hydrogen-bond acceptors (Lipinski definition) is 5. The molecule has 1 spiro atoms. The lowest BCUT2D eigenvalue weighted by Gasteiger charge is -2.37. The van der Waals surface area contributed by atoms with Crippen molar-refractivity contribution in [3.8, 4) is 5.75 Å². The summed E-state index contributed by atoms with van der Waals surface area (Å²) in [5.41, 5.74) is 2.16. The van der Waals surface area contributed by atoms with E-state index in [0.717, 1.165) is 15.7 Å². The first-order valence-electron chi connectivity index (χ1n) is 13.7. The van der Waals surface area contributed by atoms with E-state index < -0.39 is 23.4 Å². The average molecular weight is 605 g/mol. The number of benzene rings is 4. The van der Waals surface area contributed by atoms with Gasteiger partial charge in [0.1, 0.15) is 17.2 Å². The maximum Gasteiger partial charge on any atom is 0.185 e. The Balaban J connectivity index is 1.57. The molecule has 2 aliphatic heterocycles. The molecule has 1 aliphatic carbocycles. The van der Waals surface area contributed by atoms with Crippen LogP contribution in [0.3, 0.4) is 0 Å². The normalized spacial score (nSPS) is 21.5. The summed E-state index contributed by atoms with van der Waals surface area (Å²) < 4.78 is 7.00. The summed E-state index contributed by atoms with van der Waals surface area (Å²) in [6.07, 6.45) is 3.90. The molecule has 1 saturated heterocycles. The molecule has 0 aromatic heterocycles. The standard InChI is InChI=1S/C35H26BrNO4/c1-2-41-28-15-9-8-14-26(28)30-31(32(38)21-10-4-3-5-11-21)37-27-18-17-23(36)20-22(27)16-19-29(37)35(30)33(39)24-12-6-7-13-25(24)34(35)40/h3-20,29-31H,2H2,1H3. The summed E-state index contributed by atoms with van der Waals surface area (Å²) in [6.45, 7) is 2.30. The Bertz CT molecular complexity index is 1730. The zero-order chi connectivity index (χ0) is 28.3. The first kappa shape index (κ1) is 25.7. The van der Waals surface area contributed by atoms with Gasteiger partial charge in [0.05, 0.1) is 12.6 Å². The highest BCUT2D eigenvalue weighted by atomic mass is 79.9. The largest absolute Gasteiger partial charge is 0.494 e. The maximum atomic E-state index is 14.8. The molecule has 5 nitrogen and oxygen atoms in total. The molecule has 4 aromatic rings. The van der Waals surface area contributed by atoms with E-state index >= 15 is 0 Å². The number of rotatable bonds is 5. The molecule has 0 saturated carbocycles. The molecule has 7 rings (SSSR count). The van der Waals surface area contributed by atoms with E-state index in [-0.39, 0.29) is 17.3 Å². The van der Waals surface area contributed by atoms with Crippen LogP contribution in [0.5, 0.6) is 5.75 Å². The van der Waals surface area contributed by atoms with Gasteiger partial charge < -0.3 is 9.64 Å². The quantitative estimate of drug-likeness (QED) is 0.179. The number of anilines is 1. The van der Waals surface area contributed by atoms with Gasteiger partial charge in [-0.1, -0.05) is 101 Å². The lowest BCUT2D eigenvalue weighted by atomic mass is 9.64. The fraction of sp³-hybridized carbons (Fsp3) is 0.171. The van der Waals surface area contributed by atoms with Gasteiger partial charge in [-0.15, -0.1) is 0 Å². The van der Waals surface area contributed by atoms with E-state index in [4.69, 9.17) is 4.74 Å². The van der Waals surface area contributed by atoms with Gasteiger partial charge >= 0.3 is 0 Å². The van der Waals surface area contributed by atoms with Crippen molar-refractivity contribution in [3.63, 3.8) is 0 Å². The Labute approximate surface area is 246 Å². The number of ketones is 3.